The van der Waals surface area contributed by atoms with E-state index in [-0.39, 0.29) is 6.17 Å². The SMILES string of the molecule is CCCCC/C=C/CC1NC=CN1C(C)O. The molecule has 16 heavy (non-hydrogen) atoms. The third-order valence-electron chi connectivity index (χ3n) is 2.83. The molecule has 2 N–H and O–H groups in total. The fraction of sp³-hybridized carbons (Fsp3) is 0.692. The topological polar surface area (TPSA) is 35.5 Å². The molecular weight excluding hydrogens is 200 g/mol. The van der Waals surface area contributed by atoms with Gasteiger partial charge in [0, 0.05) is 18.8 Å². The summed E-state index contributed by atoms with van der Waals surface area (Å²) in [6, 6.07) is 0. The van der Waals surface area contributed by atoms with Crippen molar-refractivity contribution < 1.29 is 5.11 Å². The lowest BCUT2D eigenvalue weighted by Crippen LogP contribution is -2.40. The van der Waals surface area contributed by atoms with Gasteiger partial charge in [-0.25, -0.2) is 0 Å². The number of hydrogen-bond donors (Lipinski definition) is 2. The smallest absolute Gasteiger partial charge is 0.125 e. The first-order valence-electron chi connectivity index (χ1n) is 6.29. The van der Waals surface area contributed by atoms with Crippen molar-refractivity contribution in [2.24, 2.45) is 0 Å². The van der Waals surface area contributed by atoms with Crippen LogP contribution in [0.25, 0.3) is 0 Å². The van der Waals surface area contributed by atoms with E-state index in [2.05, 4.69) is 24.4 Å². The second kappa shape index (κ2) is 7.34. The third kappa shape index (κ3) is 4.27. The summed E-state index contributed by atoms with van der Waals surface area (Å²) < 4.78 is 0. The van der Waals surface area contributed by atoms with Gasteiger partial charge >= 0.3 is 0 Å². The number of aliphatic hydroxyl groups is 1. The maximum atomic E-state index is 9.51. The molecule has 1 rings (SSSR count). The molecule has 0 aromatic rings. The zero-order valence-electron chi connectivity index (χ0n) is 10.4. The van der Waals surface area contributed by atoms with E-state index in [9.17, 15) is 5.11 Å². The predicted octanol–water partition coefficient (Wildman–Crippen LogP) is 2.55. The fourth-order valence-corrected chi connectivity index (χ4v) is 1.86. The quantitative estimate of drug-likeness (QED) is 0.515. The summed E-state index contributed by atoms with van der Waals surface area (Å²) in [5, 5.41) is 12.7. The van der Waals surface area contributed by atoms with E-state index in [0.29, 0.717) is 0 Å². The van der Waals surface area contributed by atoms with E-state index < -0.39 is 6.23 Å². The monoisotopic (exact) mass is 224 g/mol. The Morgan fingerprint density at radius 2 is 2.25 bits per heavy atom. The molecule has 0 fully saturated rings. The normalized spacial score (nSPS) is 21.7. The summed E-state index contributed by atoms with van der Waals surface area (Å²) in [6.45, 7) is 4.01. The average Bonchev–Trinajstić information content (AvgIpc) is 2.71. The van der Waals surface area contributed by atoms with E-state index in [1.165, 1.54) is 25.7 Å². The minimum Gasteiger partial charge on any atom is -0.374 e. The molecule has 0 bridgehead atoms. The summed E-state index contributed by atoms with van der Waals surface area (Å²) in [5.74, 6) is 0. The molecule has 1 aliphatic heterocycles. The van der Waals surface area contributed by atoms with Crippen LogP contribution in [0.3, 0.4) is 0 Å². The summed E-state index contributed by atoms with van der Waals surface area (Å²) in [5.41, 5.74) is 0. The van der Waals surface area contributed by atoms with Crippen LogP contribution in [0, 0.1) is 0 Å². The zero-order valence-corrected chi connectivity index (χ0v) is 10.4. The van der Waals surface area contributed by atoms with Crippen LogP contribution in [-0.2, 0) is 0 Å². The van der Waals surface area contributed by atoms with Crippen LogP contribution in [0.1, 0.15) is 46.0 Å². The minimum atomic E-state index is -0.426. The van der Waals surface area contributed by atoms with Gasteiger partial charge in [-0.05, 0) is 19.8 Å². The lowest BCUT2D eigenvalue weighted by molar-refractivity contribution is 0.0293. The highest BCUT2D eigenvalue weighted by molar-refractivity contribution is 4.98. The van der Waals surface area contributed by atoms with Gasteiger partial charge in [-0.15, -0.1) is 0 Å². The Morgan fingerprint density at radius 3 is 2.94 bits per heavy atom. The minimum absolute atomic E-state index is 0.211. The molecule has 0 aromatic carbocycles. The van der Waals surface area contributed by atoms with Crippen molar-refractivity contribution in [3.05, 3.63) is 24.6 Å². The van der Waals surface area contributed by atoms with Crippen LogP contribution < -0.4 is 5.32 Å². The van der Waals surface area contributed by atoms with Crippen LogP contribution >= 0.6 is 0 Å². The lowest BCUT2D eigenvalue weighted by atomic mass is 10.2. The molecular formula is C13H24N2O. The number of hydrogen-bond acceptors (Lipinski definition) is 3. The molecule has 0 aromatic heterocycles. The predicted molar refractivity (Wildman–Crippen MR) is 67.5 cm³/mol. The van der Waals surface area contributed by atoms with Gasteiger partial charge in [0.2, 0.25) is 0 Å². The Hall–Kier alpha value is -0.960. The standard InChI is InChI=1S/C13H24N2O/c1-3-4-5-6-7-8-9-13-14-10-11-15(13)12(2)16/h7-8,10-14,16H,3-6,9H2,1-2H3/b8-7+. The van der Waals surface area contributed by atoms with Crippen molar-refractivity contribution >= 4 is 0 Å². The molecule has 0 aliphatic carbocycles. The number of nitrogens with one attached hydrogen (secondary N) is 1. The fourth-order valence-electron chi connectivity index (χ4n) is 1.86. The van der Waals surface area contributed by atoms with Gasteiger partial charge in [-0.3, -0.25) is 0 Å². The highest BCUT2D eigenvalue weighted by Crippen LogP contribution is 2.12. The molecule has 0 amide bonds. The van der Waals surface area contributed by atoms with Crippen molar-refractivity contribution in [1.82, 2.24) is 10.2 Å². The van der Waals surface area contributed by atoms with E-state index in [1.807, 2.05) is 17.3 Å². The van der Waals surface area contributed by atoms with Crippen LogP contribution in [-0.4, -0.2) is 22.4 Å². The van der Waals surface area contributed by atoms with Gasteiger partial charge < -0.3 is 15.3 Å². The molecule has 1 heterocycles. The molecule has 1 aliphatic rings. The van der Waals surface area contributed by atoms with Crippen LogP contribution in [0.4, 0.5) is 0 Å². The molecule has 0 saturated carbocycles. The first-order valence-corrected chi connectivity index (χ1v) is 6.29. The number of unbranched alkanes of at least 4 members (excludes halogenated alkanes) is 3. The molecule has 92 valence electrons. The molecule has 3 nitrogen and oxygen atoms in total. The van der Waals surface area contributed by atoms with Crippen molar-refractivity contribution in [3.63, 3.8) is 0 Å². The lowest BCUT2D eigenvalue weighted by Gasteiger charge is -2.27. The van der Waals surface area contributed by atoms with Crippen molar-refractivity contribution in [3.8, 4) is 0 Å². The summed E-state index contributed by atoms with van der Waals surface area (Å²) >= 11 is 0. The van der Waals surface area contributed by atoms with Crippen molar-refractivity contribution in [1.29, 1.82) is 0 Å². The van der Waals surface area contributed by atoms with E-state index in [0.717, 1.165) is 6.42 Å². The molecule has 0 saturated heterocycles. The average molecular weight is 224 g/mol. The highest BCUT2D eigenvalue weighted by Gasteiger charge is 2.20. The molecule has 2 atom stereocenters. The number of allylic oxidation sites excluding steroid dienone is 1. The highest BCUT2D eigenvalue weighted by atomic mass is 16.3. The van der Waals surface area contributed by atoms with Crippen molar-refractivity contribution in [2.45, 2.75) is 58.3 Å². The molecule has 0 spiro atoms. The first kappa shape index (κ1) is 13.1. The van der Waals surface area contributed by atoms with Gasteiger partial charge in [0.15, 0.2) is 0 Å². The maximum Gasteiger partial charge on any atom is 0.125 e. The van der Waals surface area contributed by atoms with Crippen LogP contribution in [0.5, 0.6) is 0 Å². The number of aliphatic hydroxyl groups excluding tert-OH is 1. The Morgan fingerprint density at radius 1 is 1.44 bits per heavy atom. The van der Waals surface area contributed by atoms with Gasteiger partial charge in [-0.1, -0.05) is 31.9 Å². The van der Waals surface area contributed by atoms with Gasteiger partial charge in [0.05, 0.1) is 0 Å². The third-order valence-corrected chi connectivity index (χ3v) is 2.83. The van der Waals surface area contributed by atoms with Crippen LogP contribution in [0.15, 0.2) is 24.6 Å². The van der Waals surface area contributed by atoms with E-state index >= 15 is 0 Å². The summed E-state index contributed by atoms with van der Waals surface area (Å²) in [6.07, 6.45) is 14.0. The van der Waals surface area contributed by atoms with Gasteiger partial charge in [0.1, 0.15) is 12.4 Å². The Kier molecular flexibility index (Phi) is 6.01. The summed E-state index contributed by atoms with van der Waals surface area (Å²) in [4.78, 5) is 1.93. The molecule has 0 radical (unpaired) electrons. The molecule has 3 heteroatoms. The van der Waals surface area contributed by atoms with Crippen LogP contribution in [0.2, 0.25) is 0 Å². The Balaban J connectivity index is 2.17. The van der Waals surface area contributed by atoms with Gasteiger partial charge in [-0.2, -0.15) is 0 Å². The molecule has 2 unspecified atom stereocenters. The zero-order chi connectivity index (χ0) is 11.8. The maximum absolute atomic E-state index is 9.51. The second-order valence-electron chi connectivity index (χ2n) is 4.28. The second-order valence-corrected chi connectivity index (χ2v) is 4.28. The largest absolute Gasteiger partial charge is 0.374 e. The first-order chi connectivity index (χ1) is 7.75. The Bertz CT molecular complexity index is 236. The van der Waals surface area contributed by atoms with Crippen molar-refractivity contribution in [2.75, 3.05) is 0 Å². The van der Waals surface area contributed by atoms with E-state index in [4.69, 9.17) is 0 Å². The van der Waals surface area contributed by atoms with E-state index in [1.54, 1.807) is 6.92 Å². The number of rotatable bonds is 7. The number of nitrogens with zero attached hydrogens (tertiary/aromatic N) is 1. The van der Waals surface area contributed by atoms with Gasteiger partial charge in [0.25, 0.3) is 0 Å². The Labute approximate surface area is 98.8 Å². The summed E-state index contributed by atoms with van der Waals surface area (Å²) in [7, 11) is 0.